The molecular formula is C10H19O2P. The summed E-state index contributed by atoms with van der Waals surface area (Å²) in [5.74, 6) is -0.142. The van der Waals surface area contributed by atoms with Crippen LogP contribution in [0.25, 0.3) is 0 Å². The van der Waals surface area contributed by atoms with E-state index in [1.54, 1.807) is 0 Å². The number of hydrogen-bond acceptors (Lipinski definition) is 2. The number of carbonyl (C=O) groups is 1. The van der Waals surface area contributed by atoms with Gasteiger partial charge in [0.2, 0.25) is 0 Å². The zero-order valence-corrected chi connectivity index (χ0v) is 9.86. The first-order valence-corrected chi connectivity index (χ1v) is 6.42. The Morgan fingerprint density at radius 2 is 1.85 bits per heavy atom. The zero-order chi connectivity index (χ0) is 10.3. The fourth-order valence-electron chi connectivity index (χ4n) is 0.931. The third kappa shape index (κ3) is 5.05. The molecule has 0 radical (unpaired) electrons. The minimum absolute atomic E-state index is 0.142. The van der Waals surface area contributed by atoms with Crippen molar-refractivity contribution in [1.82, 2.24) is 0 Å². The van der Waals surface area contributed by atoms with Crippen molar-refractivity contribution >= 4 is 14.1 Å². The van der Waals surface area contributed by atoms with Crippen LogP contribution < -0.4 is 0 Å². The van der Waals surface area contributed by atoms with E-state index in [4.69, 9.17) is 4.52 Å². The summed E-state index contributed by atoms with van der Waals surface area (Å²) in [4.78, 5) is 11.4. The van der Waals surface area contributed by atoms with Crippen LogP contribution in [-0.2, 0) is 9.32 Å². The second kappa shape index (κ2) is 7.08. The highest BCUT2D eigenvalue weighted by molar-refractivity contribution is 7.53. The molecule has 13 heavy (non-hydrogen) atoms. The van der Waals surface area contributed by atoms with E-state index in [9.17, 15) is 4.79 Å². The number of allylic oxidation sites excluding steroid dienone is 1. The number of rotatable bonds is 5. The van der Waals surface area contributed by atoms with E-state index in [2.05, 4.69) is 13.8 Å². The summed E-state index contributed by atoms with van der Waals surface area (Å²) in [5, 5.41) is 0. The first kappa shape index (κ1) is 12.6. The summed E-state index contributed by atoms with van der Waals surface area (Å²) < 4.78 is 5.32. The van der Waals surface area contributed by atoms with Gasteiger partial charge in [-0.25, -0.2) is 4.79 Å². The second-order valence-corrected chi connectivity index (χ2v) is 5.20. The lowest BCUT2D eigenvalue weighted by Gasteiger charge is -2.13. The lowest BCUT2D eigenvalue weighted by Crippen LogP contribution is -2.03. The Morgan fingerprint density at radius 3 is 2.23 bits per heavy atom. The van der Waals surface area contributed by atoms with Gasteiger partial charge in [-0.15, -0.1) is 0 Å². The number of hydrogen-bond donors (Lipinski definition) is 0. The van der Waals surface area contributed by atoms with E-state index in [1.807, 2.05) is 19.9 Å². The maximum absolute atomic E-state index is 11.4. The van der Waals surface area contributed by atoms with E-state index in [1.165, 1.54) is 0 Å². The lowest BCUT2D eigenvalue weighted by molar-refractivity contribution is -0.129. The van der Waals surface area contributed by atoms with Gasteiger partial charge >= 0.3 is 5.97 Å². The average Bonchev–Trinajstić information content (AvgIpc) is 2.14. The average molecular weight is 202 g/mol. The van der Waals surface area contributed by atoms with E-state index in [-0.39, 0.29) is 5.97 Å². The van der Waals surface area contributed by atoms with Crippen molar-refractivity contribution in [3.63, 3.8) is 0 Å². The minimum Gasteiger partial charge on any atom is -0.442 e. The van der Waals surface area contributed by atoms with E-state index in [0.717, 1.165) is 24.3 Å². The molecule has 0 heterocycles. The highest BCUT2D eigenvalue weighted by Crippen LogP contribution is 2.36. The summed E-state index contributed by atoms with van der Waals surface area (Å²) in [5.41, 5.74) is 0.733. The molecule has 0 aliphatic heterocycles. The van der Waals surface area contributed by atoms with Crippen LogP contribution in [0.4, 0.5) is 0 Å². The van der Waals surface area contributed by atoms with Gasteiger partial charge in [0, 0.05) is 17.9 Å². The van der Waals surface area contributed by atoms with Gasteiger partial charge in [0.15, 0.2) is 0 Å². The summed E-state index contributed by atoms with van der Waals surface area (Å²) >= 11 is 0. The molecule has 0 aromatic carbocycles. The Labute approximate surface area is 82.2 Å². The molecule has 0 fully saturated rings. The molecule has 0 saturated carbocycles. The molecule has 0 saturated heterocycles. The predicted octanol–water partition coefficient (Wildman–Crippen LogP) is 3.32. The van der Waals surface area contributed by atoms with Gasteiger partial charge in [-0.3, -0.25) is 0 Å². The van der Waals surface area contributed by atoms with Crippen LogP contribution in [0.5, 0.6) is 0 Å². The maximum atomic E-state index is 11.4. The van der Waals surface area contributed by atoms with E-state index < -0.39 is 8.15 Å². The van der Waals surface area contributed by atoms with Gasteiger partial charge < -0.3 is 4.52 Å². The van der Waals surface area contributed by atoms with Crippen LogP contribution in [0, 0.1) is 0 Å². The van der Waals surface area contributed by atoms with Gasteiger partial charge in [-0.2, -0.15) is 0 Å². The normalized spacial score (nSPS) is 11.9. The molecule has 0 aliphatic rings. The van der Waals surface area contributed by atoms with E-state index >= 15 is 0 Å². The van der Waals surface area contributed by atoms with Crippen molar-refractivity contribution in [1.29, 1.82) is 0 Å². The Morgan fingerprint density at radius 1 is 1.31 bits per heavy atom. The molecular weight excluding hydrogens is 183 g/mol. The Balaban J connectivity index is 4.05. The van der Waals surface area contributed by atoms with Crippen molar-refractivity contribution in [3.8, 4) is 0 Å². The highest BCUT2D eigenvalue weighted by atomic mass is 31.1. The van der Waals surface area contributed by atoms with Gasteiger partial charge in [0.1, 0.15) is 0 Å². The summed E-state index contributed by atoms with van der Waals surface area (Å²) in [6, 6.07) is 0. The zero-order valence-electron chi connectivity index (χ0n) is 8.96. The third-order valence-corrected chi connectivity index (χ3v) is 3.58. The molecule has 0 bridgehead atoms. The van der Waals surface area contributed by atoms with Crippen LogP contribution in [0.3, 0.4) is 0 Å². The van der Waals surface area contributed by atoms with Gasteiger partial charge in [0.25, 0.3) is 0 Å². The van der Waals surface area contributed by atoms with Crippen LogP contribution in [0.2, 0.25) is 0 Å². The van der Waals surface area contributed by atoms with Crippen molar-refractivity contribution < 1.29 is 9.32 Å². The third-order valence-electron chi connectivity index (χ3n) is 1.75. The van der Waals surface area contributed by atoms with Crippen molar-refractivity contribution in [2.75, 3.05) is 12.3 Å². The Kier molecular flexibility index (Phi) is 6.89. The molecule has 0 aromatic rings. The quantitative estimate of drug-likeness (QED) is 0.505. The van der Waals surface area contributed by atoms with Crippen molar-refractivity contribution in [2.45, 2.75) is 34.1 Å². The molecule has 0 unspecified atom stereocenters. The SMILES string of the molecule is CCC=C(C)C(=O)OP(CC)CC. The number of carbonyl (C=O) groups excluding carboxylic acids is 1. The largest absolute Gasteiger partial charge is 0.442 e. The first-order valence-electron chi connectivity index (χ1n) is 4.79. The van der Waals surface area contributed by atoms with Crippen LogP contribution >= 0.6 is 8.15 Å². The molecule has 0 amide bonds. The minimum atomic E-state index is -0.529. The molecule has 0 aliphatic carbocycles. The van der Waals surface area contributed by atoms with Gasteiger partial charge in [-0.1, -0.05) is 26.8 Å². The molecule has 0 spiro atoms. The lowest BCUT2D eigenvalue weighted by atomic mass is 10.2. The smallest absolute Gasteiger partial charge is 0.336 e. The first-order chi connectivity index (χ1) is 6.15. The van der Waals surface area contributed by atoms with Crippen LogP contribution in [-0.4, -0.2) is 18.3 Å². The highest BCUT2D eigenvalue weighted by Gasteiger charge is 2.11. The Bertz CT molecular complexity index is 183. The Hall–Kier alpha value is -0.360. The van der Waals surface area contributed by atoms with Gasteiger partial charge in [-0.05, 0) is 13.3 Å². The molecule has 0 atom stereocenters. The molecule has 2 nitrogen and oxygen atoms in total. The van der Waals surface area contributed by atoms with Gasteiger partial charge in [0.05, 0.1) is 8.15 Å². The second-order valence-electron chi connectivity index (χ2n) is 2.79. The van der Waals surface area contributed by atoms with E-state index in [0.29, 0.717) is 0 Å². The molecule has 0 rings (SSSR count). The fraction of sp³-hybridized carbons (Fsp3) is 0.700. The topological polar surface area (TPSA) is 26.3 Å². The molecule has 76 valence electrons. The van der Waals surface area contributed by atoms with Crippen LogP contribution in [0.1, 0.15) is 34.1 Å². The maximum Gasteiger partial charge on any atom is 0.336 e. The summed E-state index contributed by atoms with van der Waals surface area (Å²) in [6.07, 6.45) is 4.70. The molecule has 0 aromatic heterocycles. The van der Waals surface area contributed by atoms with Crippen LogP contribution in [0.15, 0.2) is 11.6 Å². The monoisotopic (exact) mass is 202 g/mol. The summed E-state index contributed by atoms with van der Waals surface area (Å²) in [7, 11) is -0.529. The summed E-state index contributed by atoms with van der Waals surface area (Å²) in [6.45, 7) is 7.94. The standard InChI is InChI=1S/C10H19O2P/c1-5-8-9(4)10(11)12-13(6-2)7-3/h8H,5-7H2,1-4H3. The molecule has 0 N–H and O–H groups in total. The van der Waals surface area contributed by atoms with Crippen molar-refractivity contribution in [2.24, 2.45) is 0 Å². The molecule has 3 heteroatoms. The predicted molar refractivity (Wildman–Crippen MR) is 58.1 cm³/mol. The fourth-order valence-corrected chi connectivity index (χ4v) is 2.02. The van der Waals surface area contributed by atoms with Crippen molar-refractivity contribution in [3.05, 3.63) is 11.6 Å².